The van der Waals surface area contributed by atoms with Gasteiger partial charge >= 0.3 is 5.69 Å². The van der Waals surface area contributed by atoms with Gasteiger partial charge in [-0.2, -0.15) is 0 Å². The Morgan fingerprint density at radius 2 is 2.20 bits per heavy atom. The average Bonchev–Trinajstić information content (AvgIpc) is 2.36. The van der Waals surface area contributed by atoms with Crippen LogP contribution in [-0.2, 0) is 0 Å². The third kappa shape index (κ3) is 2.88. The normalized spacial score (nSPS) is 22.6. The molecular weight excluding hydrogens is 264 g/mol. The molecular formula is C13H16N2O5. The van der Waals surface area contributed by atoms with Gasteiger partial charge in [-0.05, 0) is 31.9 Å². The third-order valence-electron chi connectivity index (χ3n) is 3.38. The second-order valence-electron chi connectivity index (χ2n) is 5.29. The lowest BCUT2D eigenvalue weighted by Gasteiger charge is -2.36. The van der Waals surface area contributed by atoms with Crippen LogP contribution in [0.5, 0.6) is 5.75 Å². The monoisotopic (exact) mass is 280 g/mol. The van der Waals surface area contributed by atoms with Crippen LogP contribution in [0.4, 0.5) is 5.69 Å². The molecule has 7 nitrogen and oxygen atoms in total. The van der Waals surface area contributed by atoms with Crippen molar-refractivity contribution in [2.24, 2.45) is 0 Å². The predicted molar refractivity (Wildman–Crippen MR) is 70.5 cm³/mol. The number of hydrogen-bond acceptors (Lipinski definition) is 5. The molecule has 1 fully saturated rings. The summed E-state index contributed by atoms with van der Waals surface area (Å²) in [4.78, 5) is 23.6. The summed E-state index contributed by atoms with van der Waals surface area (Å²) < 4.78 is 0. The van der Waals surface area contributed by atoms with Gasteiger partial charge in [0.25, 0.3) is 5.91 Å². The Bertz CT molecular complexity index is 556. The van der Waals surface area contributed by atoms with Gasteiger partial charge in [0, 0.05) is 24.7 Å². The van der Waals surface area contributed by atoms with Crippen molar-refractivity contribution in [3.63, 3.8) is 0 Å². The topological polar surface area (TPSA) is 104 Å². The van der Waals surface area contributed by atoms with Crippen LogP contribution in [0.3, 0.4) is 0 Å². The lowest BCUT2D eigenvalue weighted by Crippen LogP contribution is -2.48. The Labute approximate surface area is 115 Å². The van der Waals surface area contributed by atoms with Crippen LogP contribution >= 0.6 is 0 Å². The van der Waals surface area contributed by atoms with E-state index in [9.17, 15) is 25.1 Å². The minimum Gasteiger partial charge on any atom is -0.502 e. The SMILES string of the molecule is C[C@]1(O)CCCN(C(=O)c2ccc([N+](=O)[O-])c(O)c2)C1. The number of amides is 1. The minimum atomic E-state index is -0.920. The third-order valence-corrected chi connectivity index (χ3v) is 3.38. The molecule has 1 saturated heterocycles. The summed E-state index contributed by atoms with van der Waals surface area (Å²) in [6, 6.07) is 3.50. The van der Waals surface area contributed by atoms with Gasteiger partial charge in [-0.1, -0.05) is 0 Å². The number of phenols is 1. The van der Waals surface area contributed by atoms with Crippen molar-refractivity contribution in [1.29, 1.82) is 0 Å². The minimum absolute atomic E-state index is 0.172. The standard InChI is InChI=1S/C13H16N2O5/c1-13(18)5-2-6-14(8-13)12(17)9-3-4-10(15(19)20)11(16)7-9/h3-4,7,16,18H,2,5-6,8H2,1H3/t13-/m0/s1. The average molecular weight is 280 g/mol. The molecule has 1 amide bonds. The Morgan fingerprint density at radius 1 is 1.50 bits per heavy atom. The van der Waals surface area contributed by atoms with Crippen molar-refractivity contribution in [3.05, 3.63) is 33.9 Å². The van der Waals surface area contributed by atoms with Gasteiger partial charge in [0.1, 0.15) is 0 Å². The first-order chi connectivity index (χ1) is 9.30. The van der Waals surface area contributed by atoms with Crippen LogP contribution in [-0.4, -0.2) is 44.6 Å². The van der Waals surface area contributed by atoms with Crippen LogP contribution < -0.4 is 0 Å². The molecule has 1 aliphatic rings. The number of likely N-dealkylation sites (tertiary alicyclic amines) is 1. The molecule has 20 heavy (non-hydrogen) atoms. The van der Waals surface area contributed by atoms with Crippen LogP contribution in [0.1, 0.15) is 30.1 Å². The number of phenolic OH excluding ortho intramolecular Hbond substituents is 1. The van der Waals surface area contributed by atoms with Crippen LogP contribution in [0.15, 0.2) is 18.2 Å². The zero-order valence-electron chi connectivity index (χ0n) is 11.1. The van der Waals surface area contributed by atoms with Crippen molar-refractivity contribution in [1.82, 2.24) is 4.90 Å². The molecule has 1 atom stereocenters. The second kappa shape index (κ2) is 5.09. The van der Waals surface area contributed by atoms with E-state index in [1.165, 1.54) is 11.0 Å². The summed E-state index contributed by atoms with van der Waals surface area (Å²) in [7, 11) is 0. The number of nitrogens with zero attached hydrogens (tertiary/aromatic N) is 2. The maximum Gasteiger partial charge on any atom is 0.310 e. The lowest BCUT2D eigenvalue weighted by molar-refractivity contribution is -0.385. The number of carbonyl (C=O) groups excluding carboxylic acids is 1. The van der Waals surface area contributed by atoms with Gasteiger partial charge in [0.15, 0.2) is 5.75 Å². The fourth-order valence-electron chi connectivity index (χ4n) is 2.39. The van der Waals surface area contributed by atoms with Crippen LogP contribution in [0, 0.1) is 10.1 Å². The van der Waals surface area contributed by atoms with E-state index in [4.69, 9.17) is 0 Å². The molecule has 0 bridgehead atoms. The maximum absolute atomic E-state index is 12.3. The molecule has 1 aromatic rings. The van der Waals surface area contributed by atoms with E-state index in [2.05, 4.69) is 0 Å². The fourth-order valence-corrected chi connectivity index (χ4v) is 2.39. The fraction of sp³-hybridized carbons (Fsp3) is 0.462. The quantitative estimate of drug-likeness (QED) is 0.627. The van der Waals surface area contributed by atoms with Crippen molar-refractivity contribution in [3.8, 4) is 5.75 Å². The largest absolute Gasteiger partial charge is 0.502 e. The van der Waals surface area contributed by atoms with Crippen molar-refractivity contribution < 1.29 is 19.9 Å². The molecule has 0 unspecified atom stereocenters. The Hall–Kier alpha value is -2.15. The highest BCUT2D eigenvalue weighted by Crippen LogP contribution is 2.28. The Kier molecular flexibility index (Phi) is 3.63. The molecule has 108 valence electrons. The molecule has 1 aliphatic heterocycles. The highest BCUT2D eigenvalue weighted by molar-refractivity contribution is 5.95. The summed E-state index contributed by atoms with van der Waals surface area (Å²) in [6.07, 6.45) is 1.32. The number of carbonyl (C=O) groups is 1. The molecule has 0 saturated carbocycles. The lowest BCUT2D eigenvalue weighted by atomic mass is 9.94. The Balaban J connectivity index is 2.21. The van der Waals surface area contributed by atoms with Gasteiger partial charge in [-0.25, -0.2) is 0 Å². The van der Waals surface area contributed by atoms with E-state index in [0.717, 1.165) is 12.1 Å². The number of aliphatic hydroxyl groups is 1. The molecule has 0 aliphatic carbocycles. The number of nitro groups is 1. The van der Waals surface area contributed by atoms with Gasteiger partial charge in [0.2, 0.25) is 0 Å². The van der Waals surface area contributed by atoms with Gasteiger partial charge in [-0.3, -0.25) is 14.9 Å². The van der Waals surface area contributed by atoms with Crippen molar-refractivity contribution in [2.45, 2.75) is 25.4 Å². The molecule has 2 rings (SSSR count). The van der Waals surface area contributed by atoms with Gasteiger partial charge < -0.3 is 15.1 Å². The van der Waals surface area contributed by atoms with E-state index in [0.29, 0.717) is 19.4 Å². The molecule has 0 radical (unpaired) electrons. The highest BCUT2D eigenvalue weighted by Gasteiger charge is 2.31. The first-order valence-electron chi connectivity index (χ1n) is 6.29. The van der Waals surface area contributed by atoms with Crippen molar-refractivity contribution >= 4 is 11.6 Å². The number of benzene rings is 1. The zero-order chi connectivity index (χ0) is 14.9. The van der Waals surface area contributed by atoms with Crippen LogP contribution in [0.2, 0.25) is 0 Å². The molecule has 0 spiro atoms. The smallest absolute Gasteiger partial charge is 0.310 e. The summed E-state index contributed by atoms with van der Waals surface area (Å²) in [5, 5.41) is 30.1. The van der Waals surface area contributed by atoms with Gasteiger partial charge in [-0.15, -0.1) is 0 Å². The number of rotatable bonds is 2. The Morgan fingerprint density at radius 3 is 2.75 bits per heavy atom. The molecule has 1 heterocycles. The van der Waals surface area contributed by atoms with E-state index >= 15 is 0 Å². The summed E-state index contributed by atoms with van der Waals surface area (Å²) in [6.45, 7) is 2.40. The first kappa shape index (κ1) is 14.3. The number of hydrogen-bond donors (Lipinski definition) is 2. The van der Waals surface area contributed by atoms with Crippen LogP contribution in [0.25, 0.3) is 0 Å². The maximum atomic E-state index is 12.3. The van der Waals surface area contributed by atoms with E-state index in [-0.39, 0.29) is 18.0 Å². The number of aromatic hydroxyl groups is 1. The van der Waals surface area contributed by atoms with E-state index < -0.39 is 22.0 Å². The van der Waals surface area contributed by atoms with Crippen molar-refractivity contribution in [2.75, 3.05) is 13.1 Å². The summed E-state index contributed by atoms with van der Waals surface area (Å²) in [5.74, 6) is -0.889. The number of nitro benzene ring substituents is 1. The molecule has 2 N–H and O–H groups in total. The second-order valence-corrected chi connectivity index (χ2v) is 5.29. The highest BCUT2D eigenvalue weighted by atomic mass is 16.6. The number of β-amino-alcohol motifs (C(OH)–C–C–N with tert-alkyl or cyclic N) is 1. The predicted octanol–water partition coefficient (Wildman–Crippen LogP) is 1.29. The van der Waals surface area contributed by atoms with E-state index in [1.54, 1.807) is 6.92 Å². The first-order valence-corrected chi connectivity index (χ1v) is 6.29. The van der Waals surface area contributed by atoms with E-state index in [1.807, 2.05) is 0 Å². The molecule has 7 heteroatoms. The molecule has 0 aromatic heterocycles. The van der Waals surface area contributed by atoms with Gasteiger partial charge in [0.05, 0.1) is 10.5 Å². The summed E-state index contributed by atoms with van der Waals surface area (Å²) in [5.41, 5.74) is -1.19. The molecule has 1 aromatic carbocycles. The zero-order valence-corrected chi connectivity index (χ0v) is 11.1. The number of piperidine rings is 1. The summed E-state index contributed by atoms with van der Waals surface area (Å²) >= 11 is 0.